The van der Waals surface area contributed by atoms with Gasteiger partial charge in [-0.15, -0.1) is 0 Å². The third-order valence-corrected chi connectivity index (χ3v) is 4.30. The third kappa shape index (κ3) is 2.53. The minimum atomic E-state index is -0.0893. The summed E-state index contributed by atoms with van der Waals surface area (Å²) in [6, 6.07) is 1.70. The monoisotopic (exact) mass is 277 g/mol. The number of carbonyl (C=O) groups excluding carboxylic acids is 1. The zero-order chi connectivity index (χ0) is 14.0. The lowest BCUT2D eigenvalue weighted by Crippen LogP contribution is -2.46. The third-order valence-electron chi connectivity index (χ3n) is 4.30. The van der Waals surface area contributed by atoms with E-state index >= 15 is 0 Å². The molecule has 2 aliphatic rings. The number of hydrogen-bond acceptors (Lipinski definition) is 5. The molecule has 0 radical (unpaired) electrons. The second kappa shape index (κ2) is 5.46. The summed E-state index contributed by atoms with van der Waals surface area (Å²) >= 11 is 0. The minimum Gasteiger partial charge on any atom is -0.379 e. The summed E-state index contributed by atoms with van der Waals surface area (Å²) in [6.07, 6.45) is 5.93. The molecule has 1 atom stereocenters. The molecule has 108 valence electrons. The van der Waals surface area contributed by atoms with E-state index < -0.39 is 0 Å². The number of hydrogen-bond donors (Lipinski definition) is 0. The summed E-state index contributed by atoms with van der Waals surface area (Å²) in [5.74, 6) is 0.0241. The largest absolute Gasteiger partial charge is 0.379 e. The van der Waals surface area contributed by atoms with Crippen molar-refractivity contribution in [2.75, 3.05) is 26.8 Å². The molecule has 3 heterocycles. The summed E-state index contributed by atoms with van der Waals surface area (Å²) in [5, 5.41) is 7.45. The Balaban J connectivity index is 1.60. The van der Waals surface area contributed by atoms with E-state index in [1.165, 1.54) is 6.20 Å². The molecule has 0 N–H and O–H groups in total. The fraction of sp³-hybridized carbons (Fsp3) is 0.643. The average Bonchev–Trinajstić information content (AvgIpc) is 2.91. The van der Waals surface area contributed by atoms with Gasteiger partial charge in [0.1, 0.15) is 0 Å². The molecule has 0 aliphatic carbocycles. The van der Waals surface area contributed by atoms with Gasteiger partial charge in [0.05, 0.1) is 36.3 Å². The molecule has 2 fully saturated rings. The molecule has 2 aliphatic heterocycles. The molecule has 0 aromatic carbocycles. The minimum absolute atomic E-state index is 0.0241. The van der Waals surface area contributed by atoms with E-state index in [0.717, 1.165) is 32.4 Å². The first-order valence-electron chi connectivity index (χ1n) is 6.95. The van der Waals surface area contributed by atoms with Crippen molar-refractivity contribution in [3.05, 3.63) is 24.0 Å². The average molecular weight is 277 g/mol. The van der Waals surface area contributed by atoms with Crippen LogP contribution in [0, 0.1) is 0 Å². The molecule has 0 saturated carbocycles. The molecule has 1 unspecified atom stereocenters. The first kappa shape index (κ1) is 13.5. The molecule has 1 amide bonds. The van der Waals surface area contributed by atoms with Crippen molar-refractivity contribution >= 4 is 5.91 Å². The van der Waals surface area contributed by atoms with E-state index in [1.54, 1.807) is 19.4 Å². The smallest absolute Gasteiger partial charge is 0.255 e. The summed E-state index contributed by atoms with van der Waals surface area (Å²) in [7, 11) is 1.72. The van der Waals surface area contributed by atoms with Gasteiger partial charge in [-0.25, -0.2) is 0 Å². The van der Waals surface area contributed by atoms with Crippen molar-refractivity contribution in [3.8, 4) is 0 Å². The van der Waals surface area contributed by atoms with Gasteiger partial charge in [-0.2, -0.15) is 10.2 Å². The van der Waals surface area contributed by atoms with E-state index in [2.05, 4.69) is 10.2 Å². The van der Waals surface area contributed by atoms with Crippen LogP contribution < -0.4 is 0 Å². The van der Waals surface area contributed by atoms with Gasteiger partial charge in [0.25, 0.3) is 5.91 Å². The Labute approximate surface area is 118 Å². The number of carbonyl (C=O) groups is 1. The van der Waals surface area contributed by atoms with Crippen LogP contribution in [0.15, 0.2) is 18.5 Å². The van der Waals surface area contributed by atoms with Gasteiger partial charge in [-0.05, 0) is 18.9 Å². The normalized spacial score (nSPS) is 25.1. The molecule has 6 nitrogen and oxygen atoms in total. The van der Waals surface area contributed by atoms with E-state index in [1.807, 2.05) is 4.90 Å². The van der Waals surface area contributed by atoms with E-state index in [9.17, 15) is 4.79 Å². The van der Waals surface area contributed by atoms with Crippen LogP contribution in [0.5, 0.6) is 0 Å². The highest BCUT2D eigenvalue weighted by molar-refractivity contribution is 5.93. The Morgan fingerprint density at radius 2 is 2.25 bits per heavy atom. The van der Waals surface area contributed by atoms with Gasteiger partial charge in [0.2, 0.25) is 0 Å². The molecule has 3 rings (SSSR count). The summed E-state index contributed by atoms with van der Waals surface area (Å²) < 4.78 is 11.3. The van der Waals surface area contributed by atoms with Gasteiger partial charge < -0.3 is 14.4 Å². The standard InChI is InChI=1S/C14H19N3O3/c1-19-12-8-14(20-10-12)3-6-17(7-4-14)13(18)11-2-5-15-16-9-11/h2,5,9,12H,3-4,6-8,10H2,1H3. The number of piperidine rings is 1. The topological polar surface area (TPSA) is 64.6 Å². The quantitative estimate of drug-likeness (QED) is 0.803. The van der Waals surface area contributed by atoms with Gasteiger partial charge in [0.15, 0.2) is 0 Å². The summed E-state index contributed by atoms with van der Waals surface area (Å²) in [6.45, 7) is 2.11. The lowest BCUT2D eigenvalue weighted by atomic mass is 9.88. The summed E-state index contributed by atoms with van der Waals surface area (Å²) in [4.78, 5) is 14.2. The predicted octanol–water partition coefficient (Wildman–Crippen LogP) is 0.887. The Kier molecular flexibility index (Phi) is 3.67. The first-order chi connectivity index (χ1) is 9.72. The highest BCUT2D eigenvalue weighted by atomic mass is 16.6. The number of amides is 1. The maximum Gasteiger partial charge on any atom is 0.255 e. The number of nitrogens with zero attached hydrogens (tertiary/aromatic N) is 3. The maximum absolute atomic E-state index is 12.3. The molecule has 0 bridgehead atoms. The number of likely N-dealkylation sites (tertiary alicyclic amines) is 1. The van der Waals surface area contributed by atoms with Crippen molar-refractivity contribution < 1.29 is 14.3 Å². The first-order valence-corrected chi connectivity index (χ1v) is 6.95. The fourth-order valence-electron chi connectivity index (χ4n) is 3.02. The SMILES string of the molecule is COC1COC2(CCN(C(=O)c3ccnnc3)CC2)C1. The second-order valence-electron chi connectivity index (χ2n) is 5.48. The number of ether oxygens (including phenoxy) is 2. The fourth-order valence-corrected chi connectivity index (χ4v) is 3.02. The highest BCUT2D eigenvalue weighted by Gasteiger charge is 2.43. The Morgan fingerprint density at radius 3 is 2.85 bits per heavy atom. The molecule has 6 heteroatoms. The number of aromatic nitrogens is 2. The zero-order valence-corrected chi connectivity index (χ0v) is 11.6. The van der Waals surface area contributed by atoms with Gasteiger partial charge in [0, 0.05) is 26.6 Å². The lowest BCUT2D eigenvalue weighted by Gasteiger charge is -2.38. The van der Waals surface area contributed by atoms with Gasteiger partial charge >= 0.3 is 0 Å². The van der Waals surface area contributed by atoms with Crippen LogP contribution in [0.2, 0.25) is 0 Å². The Bertz CT molecular complexity index is 472. The van der Waals surface area contributed by atoms with Gasteiger partial charge in [-0.1, -0.05) is 0 Å². The Hall–Kier alpha value is -1.53. The van der Waals surface area contributed by atoms with Crippen molar-refractivity contribution in [1.29, 1.82) is 0 Å². The number of methoxy groups -OCH3 is 1. The lowest BCUT2D eigenvalue weighted by molar-refractivity contribution is -0.0402. The van der Waals surface area contributed by atoms with Crippen LogP contribution >= 0.6 is 0 Å². The molecular weight excluding hydrogens is 258 g/mol. The van der Waals surface area contributed by atoms with Crippen LogP contribution in [-0.4, -0.2) is 59.5 Å². The van der Waals surface area contributed by atoms with Crippen LogP contribution in [0.25, 0.3) is 0 Å². The Morgan fingerprint density at radius 1 is 1.45 bits per heavy atom. The van der Waals surface area contributed by atoms with E-state index in [-0.39, 0.29) is 17.6 Å². The maximum atomic E-state index is 12.3. The van der Waals surface area contributed by atoms with Crippen molar-refractivity contribution in [1.82, 2.24) is 15.1 Å². The molecule has 1 aromatic heterocycles. The molecular formula is C14H19N3O3. The van der Waals surface area contributed by atoms with Crippen LogP contribution in [0.4, 0.5) is 0 Å². The van der Waals surface area contributed by atoms with Crippen molar-refractivity contribution in [3.63, 3.8) is 0 Å². The van der Waals surface area contributed by atoms with Gasteiger partial charge in [-0.3, -0.25) is 4.79 Å². The zero-order valence-electron chi connectivity index (χ0n) is 11.6. The van der Waals surface area contributed by atoms with Crippen LogP contribution in [0.3, 0.4) is 0 Å². The number of rotatable bonds is 2. The van der Waals surface area contributed by atoms with E-state index in [0.29, 0.717) is 12.2 Å². The molecule has 1 aromatic rings. The second-order valence-corrected chi connectivity index (χ2v) is 5.48. The van der Waals surface area contributed by atoms with Crippen LogP contribution in [-0.2, 0) is 9.47 Å². The van der Waals surface area contributed by atoms with Crippen molar-refractivity contribution in [2.24, 2.45) is 0 Å². The highest BCUT2D eigenvalue weighted by Crippen LogP contribution is 2.36. The molecule has 20 heavy (non-hydrogen) atoms. The summed E-state index contributed by atoms with van der Waals surface area (Å²) in [5.41, 5.74) is 0.506. The predicted molar refractivity (Wildman–Crippen MR) is 71.3 cm³/mol. The van der Waals surface area contributed by atoms with Crippen molar-refractivity contribution in [2.45, 2.75) is 31.0 Å². The molecule has 2 saturated heterocycles. The van der Waals surface area contributed by atoms with Crippen LogP contribution in [0.1, 0.15) is 29.6 Å². The molecule has 1 spiro atoms. The van der Waals surface area contributed by atoms with E-state index in [4.69, 9.17) is 9.47 Å².